The van der Waals surface area contributed by atoms with Crippen molar-refractivity contribution in [3.05, 3.63) is 70.8 Å². The lowest BCUT2D eigenvalue weighted by atomic mass is 9.86. The van der Waals surface area contributed by atoms with Crippen LogP contribution >= 0.6 is 0 Å². The highest BCUT2D eigenvalue weighted by atomic mass is 19.4. The topological polar surface area (TPSA) is 127 Å². The van der Waals surface area contributed by atoms with Crippen LogP contribution in [0.5, 0.6) is 11.5 Å². The van der Waals surface area contributed by atoms with E-state index in [0.717, 1.165) is 0 Å². The van der Waals surface area contributed by atoms with Crippen LogP contribution in [0.25, 0.3) is 0 Å². The molecule has 2 atom stereocenters. The molecule has 0 amide bonds. The quantitative estimate of drug-likeness (QED) is 0.0857. The molecule has 2 aromatic carbocycles. The lowest BCUT2D eigenvalue weighted by Crippen LogP contribution is -2.54. The van der Waals surface area contributed by atoms with Crippen molar-refractivity contribution in [3.8, 4) is 11.5 Å². The highest BCUT2D eigenvalue weighted by molar-refractivity contribution is 5.90. The van der Waals surface area contributed by atoms with Crippen LogP contribution in [-0.2, 0) is 27.2 Å². The zero-order valence-corrected chi connectivity index (χ0v) is 26.7. The number of aromatic hydroxyl groups is 1. The van der Waals surface area contributed by atoms with Gasteiger partial charge < -0.3 is 30.3 Å². The summed E-state index contributed by atoms with van der Waals surface area (Å²) in [5.74, 6) is -5.65. The highest BCUT2D eigenvalue weighted by Gasteiger charge is 2.73. The van der Waals surface area contributed by atoms with Crippen molar-refractivity contribution in [2.24, 2.45) is 0 Å². The first-order valence-corrected chi connectivity index (χ1v) is 13.5. The monoisotopic (exact) mass is 866 g/mol. The van der Waals surface area contributed by atoms with E-state index in [1.165, 1.54) is 0 Å². The summed E-state index contributed by atoms with van der Waals surface area (Å²) in [5, 5.41) is 46.7. The van der Waals surface area contributed by atoms with Gasteiger partial charge in [-0.15, -0.1) is 0 Å². The summed E-state index contributed by atoms with van der Waals surface area (Å²) >= 11 is 0. The summed E-state index contributed by atoms with van der Waals surface area (Å²) in [6.07, 6.45) is -42.7. The molecule has 0 aliphatic rings. The molecular formula is C28H19F21O7. The SMILES string of the molecule is C=C(C(=O)Oc1cc(C(C)(O)C(F)(F)F)cc(C(O)(C(F)(F)F)C(F)(F)F)c1)C(F)(F)F.CC(O)(c1cc(O)cc(C(O)(C(F)(F)F)C(F)(F)F)c1)C(F)(F)F. The molecule has 0 fully saturated rings. The Hall–Kier alpha value is -4.18. The van der Waals surface area contributed by atoms with Gasteiger partial charge in [0.15, 0.2) is 11.2 Å². The van der Waals surface area contributed by atoms with Crippen LogP contribution in [0.4, 0.5) is 92.2 Å². The molecule has 0 aromatic heterocycles. The van der Waals surface area contributed by atoms with Crippen LogP contribution in [0.1, 0.15) is 36.1 Å². The van der Waals surface area contributed by atoms with E-state index >= 15 is 0 Å². The van der Waals surface area contributed by atoms with E-state index in [1.54, 1.807) is 0 Å². The summed E-state index contributed by atoms with van der Waals surface area (Å²) < 4.78 is 274. The van der Waals surface area contributed by atoms with E-state index < -0.39 is 123 Å². The molecule has 0 saturated heterocycles. The molecule has 0 aliphatic carbocycles. The van der Waals surface area contributed by atoms with Crippen LogP contribution in [0.3, 0.4) is 0 Å². The van der Waals surface area contributed by atoms with E-state index in [2.05, 4.69) is 11.3 Å². The van der Waals surface area contributed by atoms with Gasteiger partial charge in [-0.05, 0) is 61.4 Å². The summed E-state index contributed by atoms with van der Waals surface area (Å²) in [6.45, 7) is 2.19. The van der Waals surface area contributed by atoms with Crippen molar-refractivity contribution in [2.45, 2.75) is 79.5 Å². The number of ether oxygens (including phenoxy) is 1. The van der Waals surface area contributed by atoms with Crippen LogP contribution < -0.4 is 4.74 Å². The van der Waals surface area contributed by atoms with E-state index in [0.29, 0.717) is 0 Å². The fraction of sp³-hybridized carbons (Fsp3) is 0.464. The zero-order chi connectivity index (χ0) is 45.1. The number of benzene rings is 2. The third kappa shape index (κ3) is 9.50. The van der Waals surface area contributed by atoms with Gasteiger partial charge in [0.1, 0.15) is 17.1 Å². The molecule has 2 unspecified atom stereocenters. The summed E-state index contributed by atoms with van der Waals surface area (Å²) in [4.78, 5) is 11.4. The third-order valence-electron chi connectivity index (χ3n) is 7.33. The number of phenolic OH excluding ortho intramolecular Hbond substituents is 1. The summed E-state index contributed by atoms with van der Waals surface area (Å²) in [5.41, 5.74) is -29.7. The lowest BCUT2D eigenvalue weighted by Gasteiger charge is -2.34. The van der Waals surface area contributed by atoms with Gasteiger partial charge in [0.25, 0.3) is 11.2 Å². The molecule has 0 spiro atoms. The maximum atomic E-state index is 13.1. The van der Waals surface area contributed by atoms with Gasteiger partial charge in [-0.2, -0.15) is 92.2 Å². The second-order valence-electron chi connectivity index (χ2n) is 11.4. The zero-order valence-electron chi connectivity index (χ0n) is 26.7. The van der Waals surface area contributed by atoms with Gasteiger partial charge in [0, 0.05) is 11.1 Å². The Kier molecular flexibility index (Phi) is 13.0. The van der Waals surface area contributed by atoms with Gasteiger partial charge >= 0.3 is 49.2 Å². The fourth-order valence-electron chi connectivity index (χ4n) is 3.84. The number of rotatable bonds is 6. The van der Waals surface area contributed by atoms with Crippen molar-refractivity contribution >= 4 is 5.97 Å². The number of carbonyl (C=O) groups excluding carboxylic acids is 1. The van der Waals surface area contributed by atoms with Gasteiger partial charge in [-0.1, -0.05) is 6.58 Å². The number of alkyl halides is 21. The molecule has 56 heavy (non-hydrogen) atoms. The van der Waals surface area contributed by atoms with E-state index in [4.69, 9.17) is 5.11 Å². The minimum atomic E-state index is -6.62. The molecular weight excluding hydrogens is 847 g/mol. The normalized spacial score (nSPS) is 16.3. The Morgan fingerprint density at radius 1 is 0.482 bits per heavy atom. The summed E-state index contributed by atoms with van der Waals surface area (Å²) in [6, 6.07) is -1.52. The maximum Gasteiger partial charge on any atom is 0.430 e. The molecule has 0 radical (unpaired) electrons. The second kappa shape index (κ2) is 14.6. The average Bonchev–Trinajstić information content (AvgIpc) is 2.95. The molecule has 7 nitrogen and oxygen atoms in total. The summed E-state index contributed by atoms with van der Waals surface area (Å²) in [7, 11) is 0. The first kappa shape index (κ1) is 49.8. The molecule has 2 aromatic rings. The number of halogens is 21. The van der Waals surface area contributed by atoms with Crippen molar-refractivity contribution in [3.63, 3.8) is 0 Å². The first-order chi connectivity index (χ1) is 24.2. The van der Waals surface area contributed by atoms with Gasteiger partial charge in [0.2, 0.25) is 0 Å². The maximum absolute atomic E-state index is 13.1. The van der Waals surface area contributed by atoms with Crippen LogP contribution in [-0.4, -0.2) is 74.7 Å². The largest absolute Gasteiger partial charge is 0.508 e. The molecule has 0 saturated carbocycles. The van der Waals surface area contributed by atoms with Gasteiger partial charge in [-0.3, -0.25) is 0 Å². The fourth-order valence-corrected chi connectivity index (χ4v) is 3.84. The highest BCUT2D eigenvalue weighted by Crippen LogP contribution is 2.53. The lowest BCUT2D eigenvalue weighted by molar-refractivity contribution is -0.376. The Bertz CT molecular complexity index is 1730. The Morgan fingerprint density at radius 2 is 0.750 bits per heavy atom. The van der Waals surface area contributed by atoms with Gasteiger partial charge in [0.05, 0.1) is 0 Å². The Labute approximate surface area is 295 Å². The van der Waals surface area contributed by atoms with Crippen molar-refractivity contribution in [1.82, 2.24) is 0 Å². The molecule has 28 heteroatoms. The predicted molar refractivity (Wildman–Crippen MR) is 139 cm³/mol. The van der Waals surface area contributed by atoms with E-state index in [-0.39, 0.29) is 38.1 Å². The second-order valence-corrected chi connectivity index (χ2v) is 11.4. The number of carbonyl (C=O) groups is 1. The van der Waals surface area contributed by atoms with Crippen LogP contribution in [0.15, 0.2) is 48.6 Å². The average molecular weight is 866 g/mol. The smallest absolute Gasteiger partial charge is 0.430 e. The Morgan fingerprint density at radius 3 is 1.04 bits per heavy atom. The molecule has 0 bridgehead atoms. The first-order valence-electron chi connectivity index (χ1n) is 13.5. The van der Waals surface area contributed by atoms with Crippen molar-refractivity contribution in [1.29, 1.82) is 0 Å². The number of hydrogen-bond donors (Lipinski definition) is 5. The number of hydrogen-bond acceptors (Lipinski definition) is 7. The van der Waals surface area contributed by atoms with Crippen LogP contribution in [0.2, 0.25) is 0 Å². The van der Waals surface area contributed by atoms with E-state index in [9.17, 15) is 117 Å². The molecule has 2 rings (SSSR count). The third-order valence-corrected chi connectivity index (χ3v) is 7.33. The number of phenols is 1. The molecule has 0 aliphatic heterocycles. The Balaban J connectivity index is 0.000000583. The minimum Gasteiger partial charge on any atom is -0.508 e. The molecule has 0 heterocycles. The van der Waals surface area contributed by atoms with Gasteiger partial charge in [-0.25, -0.2) is 4.79 Å². The number of esters is 1. The van der Waals surface area contributed by atoms with Crippen LogP contribution in [0, 0.1) is 0 Å². The van der Waals surface area contributed by atoms with Crippen molar-refractivity contribution < 1.29 is 127 Å². The van der Waals surface area contributed by atoms with Crippen molar-refractivity contribution in [2.75, 3.05) is 0 Å². The molecule has 320 valence electrons. The van der Waals surface area contributed by atoms with E-state index in [1.807, 2.05) is 0 Å². The molecule has 5 N–H and O–H groups in total. The number of aliphatic hydroxyl groups is 4. The predicted octanol–water partition coefficient (Wildman–Crippen LogP) is 8.27. The minimum absolute atomic E-state index is 0.0613. The standard InChI is InChI=1S/C16H10F12O4.C12H9F9O3/c1-6(13(17,18)19)10(29)32-9-4-7(11(2,30)14(20,21)22)3-8(5-9)12(31,15(23,24)25)16(26,27)28;1-8(23,10(13,14)15)5-2-6(4-7(22)3-5)9(24,11(16,17)18)12(19,20)21/h3-5,30-31H,1H2,2H3;2-4,22-24H,1H3.